The maximum Gasteiger partial charge on any atom is 0.0929 e. The fourth-order valence-corrected chi connectivity index (χ4v) is 1.20. The van der Waals surface area contributed by atoms with E-state index in [1.54, 1.807) is 0 Å². The highest BCUT2D eigenvalue weighted by atomic mass is 15.1. The lowest BCUT2D eigenvalue weighted by Gasteiger charge is -1.98. The van der Waals surface area contributed by atoms with E-state index in [9.17, 15) is 0 Å². The Morgan fingerprint density at radius 2 is 2.33 bits per heavy atom. The Labute approximate surface area is 71.3 Å². The van der Waals surface area contributed by atoms with Crippen molar-refractivity contribution >= 4 is 0 Å². The summed E-state index contributed by atoms with van der Waals surface area (Å²) in [6, 6.07) is 11.0. The minimum absolute atomic E-state index is 0.952. The first-order valence-electron chi connectivity index (χ1n) is 3.85. The van der Waals surface area contributed by atoms with Crippen LogP contribution in [-0.2, 0) is 0 Å². The van der Waals surface area contributed by atoms with Gasteiger partial charge in [-0.15, -0.1) is 0 Å². The summed E-state index contributed by atoms with van der Waals surface area (Å²) >= 11 is 0. The molecule has 0 fully saturated rings. The highest BCUT2D eigenvalue weighted by molar-refractivity contribution is 5.61. The van der Waals surface area contributed by atoms with E-state index in [4.69, 9.17) is 0 Å². The highest BCUT2D eigenvalue weighted by Gasteiger charge is 2.01. The zero-order chi connectivity index (χ0) is 8.39. The van der Waals surface area contributed by atoms with Crippen LogP contribution in [-0.4, -0.2) is 10.2 Å². The molecule has 0 aliphatic carbocycles. The second-order valence-corrected chi connectivity index (χ2v) is 2.69. The molecule has 12 heavy (non-hydrogen) atoms. The van der Waals surface area contributed by atoms with Crippen molar-refractivity contribution in [3.63, 3.8) is 0 Å². The molecule has 0 saturated heterocycles. The lowest BCUT2D eigenvalue weighted by Crippen LogP contribution is -1.82. The Morgan fingerprint density at radius 3 is 3.00 bits per heavy atom. The van der Waals surface area contributed by atoms with Gasteiger partial charge in [0.1, 0.15) is 0 Å². The van der Waals surface area contributed by atoms with E-state index in [0.717, 1.165) is 11.3 Å². The minimum Gasteiger partial charge on any atom is -0.285 e. The quantitative estimate of drug-likeness (QED) is 0.675. The third kappa shape index (κ3) is 1.11. The first kappa shape index (κ1) is 7.10. The molecule has 0 unspecified atom stereocenters. The molecule has 1 heterocycles. The molecule has 2 heteroatoms. The fourth-order valence-electron chi connectivity index (χ4n) is 1.20. The van der Waals surface area contributed by atoms with Gasteiger partial charge in [-0.2, -0.15) is 5.10 Å². The summed E-state index contributed by atoms with van der Waals surface area (Å²) in [7, 11) is 0. The van der Waals surface area contributed by atoms with E-state index in [0.29, 0.717) is 0 Å². The van der Waals surface area contributed by atoms with Gasteiger partial charge in [-0.05, 0) is 24.6 Å². The average molecular weight is 157 g/mol. The van der Waals surface area contributed by atoms with E-state index in [1.165, 1.54) is 5.56 Å². The predicted octanol–water partition coefficient (Wildman–Crippen LogP) is 2.19. The van der Waals surface area contributed by atoms with Gasteiger partial charge < -0.3 is 0 Å². The van der Waals surface area contributed by atoms with Crippen LogP contribution in [0.25, 0.3) is 11.3 Å². The van der Waals surface area contributed by atoms with Gasteiger partial charge in [-0.3, -0.25) is 5.10 Å². The van der Waals surface area contributed by atoms with Gasteiger partial charge in [0.2, 0.25) is 0 Å². The standard InChI is InChI=1S/C10H9N2/c1-8-4-2-3-5-9(8)10-6-7-11-12-10/h2-4,6-7H,1H3,(H,11,12). The molecule has 0 atom stereocenters. The van der Waals surface area contributed by atoms with Crippen LogP contribution in [0.4, 0.5) is 0 Å². The Hall–Kier alpha value is -1.57. The van der Waals surface area contributed by atoms with Crippen molar-refractivity contribution in [2.75, 3.05) is 0 Å². The molecule has 0 aliphatic rings. The molecule has 2 rings (SSSR count). The highest BCUT2D eigenvalue weighted by Crippen LogP contribution is 2.18. The number of hydrogen-bond donors (Lipinski definition) is 1. The summed E-state index contributed by atoms with van der Waals surface area (Å²) in [5.41, 5.74) is 3.22. The summed E-state index contributed by atoms with van der Waals surface area (Å²) in [4.78, 5) is 0. The van der Waals surface area contributed by atoms with Gasteiger partial charge >= 0.3 is 0 Å². The van der Waals surface area contributed by atoms with Crippen LogP contribution >= 0.6 is 0 Å². The van der Waals surface area contributed by atoms with Crippen LogP contribution in [0, 0.1) is 13.0 Å². The van der Waals surface area contributed by atoms with Crippen LogP contribution in [0.5, 0.6) is 0 Å². The van der Waals surface area contributed by atoms with Gasteiger partial charge in [0.25, 0.3) is 0 Å². The largest absolute Gasteiger partial charge is 0.285 e. The molecule has 1 radical (unpaired) electrons. The van der Waals surface area contributed by atoms with Crippen LogP contribution in [0.15, 0.2) is 30.5 Å². The summed E-state index contributed by atoms with van der Waals surface area (Å²) in [6.07, 6.45) is 1.82. The summed E-state index contributed by atoms with van der Waals surface area (Å²) < 4.78 is 0. The molecule has 59 valence electrons. The zero-order valence-electron chi connectivity index (χ0n) is 6.83. The van der Waals surface area contributed by atoms with Gasteiger partial charge in [0, 0.05) is 11.8 Å². The molecule has 0 spiro atoms. The van der Waals surface area contributed by atoms with Gasteiger partial charge in [-0.1, -0.05) is 18.2 Å². The Bertz CT molecular complexity index is 363. The van der Waals surface area contributed by atoms with Crippen LogP contribution in [0.3, 0.4) is 0 Å². The second-order valence-electron chi connectivity index (χ2n) is 2.69. The van der Waals surface area contributed by atoms with E-state index in [1.807, 2.05) is 24.4 Å². The SMILES string of the molecule is Cc1ccc[c]c1-c1cc[nH]n1. The van der Waals surface area contributed by atoms with Crippen molar-refractivity contribution in [2.45, 2.75) is 6.92 Å². The molecule has 0 amide bonds. The van der Waals surface area contributed by atoms with E-state index in [-0.39, 0.29) is 0 Å². The molecule has 0 saturated carbocycles. The molecule has 2 nitrogen and oxygen atoms in total. The van der Waals surface area contributed by atoms with Crippen molar-refractivity contribution in [1.82, 2.24) is 10.2 Å². The number of aromatic nitrogens is 2. The number of hydrogen-bond acceptors (Lipinski definition) is 1. The van der Waals surface area contributed by atoms with E-state index >= 15 is 0 Å². The first-order chi connectivity index (χ1) is 5.88. The maximum atomic E-state index is 4.09. The zero-order valence-corrected chi connectivity index (χ0v) is 6.83. The smallest absolute Gasteiger partial charge is 0.0929 e. The lowest BCUT2D eigenvalue weighted by molar-refractivity contribution is 1.09. The van der Waals surface area contributed by atoms with Gasteiger partial charge in [0.05, 0.1) is 5.69 Å². The topological polar surface area (TPSA) is 28.7 Å². The van der Waals surface area contributed by atoms with Crippen molar-refractivity contribution in [3.05, 3.63) is 42.1 Å². The number of rotatable bonds is 1. The number of nitrogens with one attached hydrogen (secondary N) is 1. The Balaban J connectivity index is 2.55. The third-order valence-electron chi connectivity index (χ3n) is 1.82. The molecule has 2 aromatic rings. The summed E-state index contributed by atoms with van der Waals surface area (Å²) in [5, 5.41) is 6.88. The number of aryl methyl sites for hydroxylation is 1. The Kier molecular flexibility index (Phi) is 1.67. The summed E-state index contributed by atoms with van der Waals surface area (Å²) in [6.45, 7) is 2.06. The lowest BCUT2D eigenvalue weighted by atomic mass is 10.1. The average Bonchev–Trinajstić information content (AvgIpc) is 2.57. The van der Waals surface area contributed by atoms with Crippen molar-refractivity contribution in [3.8, 4) is 11.3 Å². The summed E-state index contributed by atoms with van der Waals surface area (Å²) in [5.74, 6) is 0. The van der Waals surface area contributed by atoms with Crippen LogP contribution in [0.2, 0.25) is 0 Å². The first-order valence-corrected chi connectivity index (χ1v) is 3.85. The monoisotopic (exact) mass is 157 g/mol. The molecule has 0 aliphatic heterocycles. The molecular formula is C10H9N2. The molecular weight excluding hydrogens is 148 g/mol. The fraction of sp³-hybridized carbons (Fsp3) is 0.100. The van der Waals surface area contributed by atoms with Crippen molar-refractivity contribution in [1.29, 1.82) is 0 Å². The number of benzene rings is 1. The van der Waals surface area contributed by atoms with E-state index in [2.05, 4.69) is 29.3 Å². The minimum atomic E-state index is 0.952. The van der Waals surface area contributed by atoms with Gasteiger partial charge in [-0.25, -0.2) is 0 Å². The molecule has 0 bridgehead atoms. The normalized spacial score (nSPS) is 10.1. The van der Waals surface area contributed by atoms with E-state index < -0.39 is 0 Å². The maximum absolute atomic E-state index is 4.09. The molecule has 1 aromatic heterocycles. The molecule has 1 N–H and O–H groups in total. The second kappa shape index (κ2) is 2.81. The Morgan fingerprint density at radius 1 is 1.42 bits per heavy atom. The van der Waals surface area contributed by atoms with Crippen molar-refractivity contribution < 1.29 is 0 Å². The number of H-pyrrole nitrogens is 1. The van der Waals surface area contributed by atoms with Crippen LogP contribution in [0.1, 0.15) is 5.56 Å². The van der Waals surface area contributed by atoms with Gasteiger partial charge in [0.15, 0.2) is 0 Å². The molecule has 1 aromatic carbocycles. The predicted molar refractivity (Wildman–Crippen MR) is 47.6 cm³/mol. The number of nitrogens with zero attached hydrogens (tertiary/aromatic N) is 1. The third-order valence-corrected chi connectivity index (χ3v) is 1.82. The van der Waals surface area contributed by atoms with Crippen molar-refractivity contribution in [2.24, 2.45) is 0 Å². The van der Waals surface area contributed by atoms with Crippen LogP contribution < -0.4 is 0 Å². The number of aromatic amines is 1.